The number of carboxylic acid groups (broad SMARTS) is 2. The molecule has 0 saturated heterocycles. The Bertz CT molecular complexity index is 410. The third kappa shape index (κ3) is 5.97. The van der Waals surface area contributed by atoms with Crippen LogP contribution in [0.15, 0.2) is 0 Å². The second-order valence-electron chi connectivity index (χ2n) is 4.73. The van der Waals surface area contributed by atoms with E-state index in [9.17, 15) is 18.0 Å². The second kappa shape index (κ2) is 6.14. The van der Waals surface area contributed by atoms with Gasteiger partial charge in [-0.3, -0.25) is 14.1 Å². The molecule has 0 aromatic rings. The molecule has 0 aromatic heterocycles. The smallest absolute Gasteiger partial charge is 0.309 e. The van der Waals surface area contributed by atoms with Crippen molar-refractivity contribution in [2.45, 2.75) is 33.1 Å². The molecule has 8 heteroatoms. The van der Waals surface area contributed by atoms with Crippen molar-refractivity contribution in [2.24, 2.45) is 11.3 Å². The highest BCUT2D eigenvalue weighted by Crippen LogP contribution is 2.33. The molecule has 1 atom stereocenters. The molecule has 0 fully saturated rings. The molecule has 1 unspecified atom stereocenters. The van der Waals surface area contributed by atoms with Crippen LogP contribution in [0.3, 0.4) is 0 Å². The molecule has 3 N–H and O–H groups in total. The van der Waals surface area contributed by atoms with Crippen LogP contribution in [0.1, 0.15) is 33.1 Å². The monoisotopic (exact) mass is 282 g/mol. The number of carboxylic acids is 2. The summed E-state index contributed by atoms with van der Waals surface area (Å²) >= 11 is 0. The average molecular weight is 282 g/mol. The van der Waals surface area contributed by atoms with E-state index >= 15 is 0 Å². The van der Waals surface area contributed by atoms with E-state index in [0.717, 1.165) is 0 Å². The molecule has 0 aliphatic rings. The molecule has 0 aliphatic carbocycles. The lowest BCUT2D eigenvalue weighted by molar-refractivity contribution is -0.151. The second-order valence-corrected chi connectivity index (χ2v) is 6.30. The van der Waals surface area contributed by atoms with Crippen LogP contribution < -0.4 is 0 Å². The normalized spacial score (nSPS) is 14.2. The van der Waals surface area contributed by atoms with Crippen LogP contribution in [-0.2, 0) is 19.7 Å². The number of hydrogen-bond acceptors (Lipinski definition) is 4. The maximum Gasteiger partial charge on any atom is 0.309 e. The summed E-state index contributed by atoms with van der Waals surface area (Å²) in [4.78, 5) is 21.6. The summed E-state index contributed by atoms with van der Waals surface area (Å²) in [6.45, 7) is 2.82. The molecule has 106 valence electrons. The van der Waals surface area contributed by atoms with E-state index in [4.69, 9.17) is 14.8 Å². The molecule has 0 rings (SSSR count). The minimum atomic E-state index is -4.18. The summed E-state index contributed by atoms with van der Waals surface area (Å²) in [6.07, 6.45) is -0.289. The van der Waals surface area contributed by atoms with E-state index in [1.54, 1.807) is 0 Å². The lowest BCUT2D eigenvalue weighted by Crippen LogP contribution is -2.34. The summed E-state index contributed by atoms with van der Waals surface area (Å²) < 4.78 is 30.0. The van der Waals surface area contributed by atoms with Crippen LogP contribution in [0.5, 0.6) is 0 Å². The molecular formula is C10H18O7S. The van der Waals surface area contributed by atoms with Gasteiger partial charge in [-0.2, -0.15) is 8.42 Å². The van der Waals surface area contributed by atoms with Crippen LogP contribution in [-0.4, -0.2) is 40.9 Å². The molecule has 0 spiro atoms. The van der Waals surface area contributed by atoms with Gasteiger partial charge in [0.25, 0.3) is 10.1 Å². The minimum Gasteiger partial charge on any atom is -0.481 e. The summed E-state index contributed by atoms with van der Waals surface area (Å²) in [5.74, 6) is -3.43. The number of hydrogen-bond donors (Lipinski definition) is 3. The maximum absolute atomic E-state index is 11.1. The van der Waals surface area contributed by atoms with Gasteiger partial charge in [0.1, 0.15) is 0 Å². The molecule has 0 saturated carbocycles. The Morgan fingerprint density at radius 2 is 1.67 bits per heavy atom. The van der Waals surface area contributed by atoms with Gasteiger partial charge < -0.3 is 10.2 Å². The fourth-order valence-electron chi connectivity index (χ4n) is 1.63. The van der Waals surface area contributed by atoms with E-state index in [1.807, 2.05) is 0 Å². The highest BCUT2D eigenvalue weighted by molar-refractivity contribution is 7.85. The van der Waals surface area contributed by atoms with E-state index in [2.05, 4.69) is 0 Å². The Hall–Kier alpha value is -1.15. The maximum atomic E-state index is 11.1. The van der Waals surface area contributed by atoms with Crippen molar-refractivity contribution in [1.82, 2.24) is 0 Å². The fraction of sp³-hybridized carbons (Fsp3) is 0.800. The zero-order valence-corrected chi connectivity index (χ0v) is 11.1. The first-order chi connectivity index (χ1) is 7.97. The Balaban J connectivity index is 4.82. The van der Waals surface area contributed by atoms with Gasteiger partial charge in [-0.1, -0.05) is 0 Å². The summed E-state index contributed by atoms with van der Waals surface area (Å²) in [5.41, 5.74) is -1.25. The van der Waals surface area contributed by atoms with Crippen molar-refractivity contribution >= 4 is 22.1 Å². The molecule has 0 radical (unpaired) electrons. The Kier molecular flexibility index (Phi) is 5.75. The van der Waals surface area contributed by atoms with Gasteiger partial charge in [-0.25, -0.2) is 0 Å². The largest absolute Gasteiger partial charge is 0.481 e. The highest BCUT2D eigenvalue weighted by atomic mass is 32.2. The first kappa shape index (κ1) is 16.9. The summed E-state index contributed by atoms with van der Waals surface area (Å²) in [7, 11) is -4.18. The van der Waals surface area contributed by atoms with E-state index in [-0.39, 0.29) is 19.3 Å². The standard InChI is InChI=1S/C10H18O7S/c1-10(2,9(13)14)7(3-4-8(11)12)5-6-18(15,16)17/h7H,3-6H2,1-2H3,(H,11,12)(H,13,14)(H,15,16,17). The predicted molar refractivity (Wildman–Crippen MR) is 62.8 cm³/mol. The van der Waals surface area contributed by atoms with Gasteiger partial charge in [0.15, 0.2) is 0 Å². The zero-order chi connectivity index (χ0) is 14.6. The van der Waals surface area contributed by atoms with Crippen LogP contribution in [0.25, 0.3) is 0 Å². The van der Waals surface area contributed by atoms with Crippen molar-refractivity contribution in [3.8, 4) is 0 Å². The quantitative estimate of drug-likeness (QED) is 0.563. The SMILES string of the molecule is CC(C)(C(=O)O)C(CCC(=O)O)CCS(=O)(=O)O. The van der Waals surface area contributed by atoms with Gasteiger partial charge in [-0.15, -0.1) is 0 Å². The number of aliphatic carboxylic acids is 2. The summed E-state index contributed by atoms with van der Waals surface area (Å²) in [5, 5.41) is 17.6. The van der Waals surface area contributed by atoms with Gasteiger partial charge in [0, 0.05) is 6.42 Å². The lowest BCUT2D eigenvalue weighted by atomic mass is 9.75. The third-order valence-electron chi connectivity index (χ3n) is 3.00. The summed E-state index contributed by atoms with van der Waals surface area (Å²) in [6, 6.07) is 0. The fourth-order valence-corrected chi connectivity index (χ4v) is 2.21. The Morgan fingerprint density at radius 1 is 1.17 bits per heavy atom. The topological polar surface area (TPSA) is 129 Å². The number of rotatable bonds is 8. The zero-order valence-electron chi connectivity index (χ0n) is 10.3. The molecule has 0 amide bonds. The van der Waals surface area contributed by atoms with E-state index < -0.39 is 39.1 Å². The third-order valence-corrected chi connectivity index (χ3v) is 3.75. The lowest BCUT2D eigenvalue weighted by Gasteiger charge is -2.29. The van der Waals surface area contributed by atoms with Gasteiger partial charge >= 0.3 is 11.9 Å². The first-order valence-electron chi connectivity index (χ1n) is 5.37. The van der Waals surface area contributed by atoms with Gasteiger partial charge in [0.2, 0.25) is 0 Å². The molecule has 18 heavy (non-hydrogen) atoms. The van der Waals surface area contributed by atoms with Crippen molar-refractivity contribution in [3.63, 3.8) is 0 Å². The molecular weight excluding hydrogens is 264 g/mol. The molecule has 0 aromatic carbocycles. The van der Waals surface area contributed by atoms with Crippen LogP contribution in [0.2, 0.25) is 0 Å². The molecule has 0 heterocycles. The van der Waals surface area contributed by atoms with Crippen LogP contribution in [0, 0.1) is 11.3 Å². The predicted octanol–water partition coefficient (Wildman–Crippen LogP) is 0.856. The van der Waals surface area contributed by atoms with Crippen molar-refractivity contribution in [2.75, 3.05) is 5.75 Å². The van der Waals surface area contributed by atoms with Crippen molar-refractivity contribution in [1.29, 1.82) is 0 Å². The van der Waals surface area contributed by atoms with Crippen molar-refractivity contribution in [3.05, 3.63) is 0 Å². The minimum absolute atomic E-state index is 0.0458. The molecule has 0 aliphatic heterocycles. The van der Waals surface area contributed by atoms with Gasteiger partial charge in [0.05, 0.1) is 11.2 Å². The number of carbonyl (C=O) groups is 2. The Labute approximate surface area is 106 Å². The van der Waals surface area contributed by atoms with Gasteiger partial charge in [-0.05, 0) is 32.6 Å². The molecule has 0 bridgehead atoms. The van der Waals surface area contributed by atoms with Crippen LogP contribution >= 0.6 is 0 Å². The van der Waals surface area contributed by atoms with Crippen molar-refractivity contribution < 1.29 is 32.8 Å². The first-order valence-corrected chi connectivity index (χ1v) is 6.98. The highest BCUT2D eigenvalue weighted by Gasteiger charge is 2.37. The van der Waals surface area contributed by atoms with E-state index in [1.165, 1.54) is 13.8 Å². The molecule has 7 nitrogen and oxygen atoms in total. The van der Waals surface area contributed by atoms with E-state index in [0.29, 0.717) is 0 Å². The van der Waals surface area contributed by atoms with Crippen LogP contribution in [0.4, 0.5) is 0 Å². The Morgan fingerprint density at radius 3 is 2.00 bits per heavy atom. The average Bonchev–Trinajstić information content (AvgIpc) is 2.14.